The third-order valence-electron chi connectivity index (χ3n) is 4.51. The van der Waals surface area contributed by atoms with Crippen molar-refractivity contribution in [3.63, 3.8) is 0 Å². The van der Waals surface area contributed by atoms with Crippen molar-refractivity contribution >= 4 is 23.5 Å². The number of hydrogen-bond acceptors (Lipinski definition) is 6. The zero-order valence-electron chi connectivity index (χ0n) is 17.3. The van der Waals surface area contributed by atoms with E-state index in [1.807, 2.05) is 18.2 Å². The van der Waals surface area contributed by atoms with E-state index in [4.69, 9.17) is 9.47 Å². The summed E-state index contributed by atoms with van der Waals surface area (Å²) in [4.78, 5) is 37.5. The van der Waals surface area contributed by atoms with Gasteiger partial charge in [0, 0.05) is 12.8 Å². The molecule has 8 heteroatoms. The van der Waals surface area contributed by atoms with Crippen molar-refractivity contribution in [2.24, 2.45) is 0 Å². The minimum absolute atomic E-state index is 0.0135. The molecule has 0 unspecified atom stereocenters. The summed E-state index contributed by atoms with van der Waals surface area (Å²) in [5, 5.41) is 6.94. The van der Waals surface area contributed by atoms with Crippen LogP contribution in [0.4, 0.5) is 5.82 Å². The highest BCUT2D eigenvalue weighted by Crippen LogP contribution is 2.23. The number of nitrogens with one attached hydrogen (secondary N) is 1. The summed E-state index contributed by atoms with van der Waals surface area (Å²) in [7, 11) is 1.49. The Bertz CT molecular complexity index is 1080. The number of esters is 1. The molecule has 0 spiro atoms. The van der Waals surface area contributed by atoms with E-state index in [1.54, 1.807) is 43.3 Å². The van der Waals surface area contributed by atoms with Gasteiger partial charge in [-0.05, 0) is 31.2 Å². The Balaban J connectivity index is 1.77. The molecule has 0 aliphatic carbocycles. The molecule has 31 heavy (non-hydrogen) atoms. The highest BCUT2D eigenvalue weighted by atomic mass is 16.5. The number of amides is 1. The number of Topliss-reactive ketones (excluding diaryl/α,β-unsaturated/α-hetero) is 1. The van der Waals surface area contributed by atoms with E-state index in [0.717, 1.165) is 0 Å². The maximum Gasteiger partial charge on any atom is 0.343 e. The van der Waals surface area contributed by atoms with Crippen LogP contribution in [0.1, 0.15) is 40.5 Å². The van der Waals surface area contributed by atoms with Crippen molar-refractivity contribution in [2.45, 2.75) is 19.8 Å². The summed E-state index contributed by atoms with van der Waals surface area (Å²) in [6.07, 6.45) is 1.26. The number of carbonyl (C=O) groups excluding carboxylic acids is 3. The van der Waals surface area contributed by atoms with Gasteiger partial charge in [0.15, 0.2) is 11.6 Å². The zero-order valence-corrected chi connectivity index (χ0v) is 17.3. The summed E-state index contributed by atoms with van der Waals surface area (Å²) in [6, 6.07) is 15.9. The van der Waals surface area contributed by atoms with E-state index in [9.17, 15) is 14.4 Å². The molecular formula is C23H23N3O5. The van der Waals surface area contributed by atoms with Crippen LogP contribution in [0.2, 0.25) is 0 Å². The summed E-state index contributed by atoms with van der Waals surface area (Å²) in [5.74, 6) is -0.578. The molecule has 1 N–H and O–H groups in total. The number of aromatic nitrogens is 2. The van der Waals surface area contributed by atoms with Crippen molar-refractivity contribution in [1.29, 1.82) is 0 Å². The molecular weight excluding hydrogens is 398 g/mol. The lowest BCUT2D eigenvalue weighted by Crippen LogP contribution is -2.19. The summed E-state index contributed by atoms with van der Waals surface area (Å²) in [5.41, 5.74) is 1.22. The second-order valence-electron chi connectivity index (χ2n) is 6.55. The molecule has 3 aromatic rings. The number of anilines is 1. The fourth-order valence-electron chi connectivity index (χ4n) is 3.02. The van der Waals surface area contributed by atoms with E-state index in [2.05, 4.69) is 10.4 Å². The molecule has 2 aromatic carbocycles. The first-order valence-corrected chi connectivity index (χ1v) is 9.81. The van der Waals surface area contributed by atoms with Crippen molar-refractivity contribution < 1.29 is 23.9 Å². The zero-order chi connectivity index (χ0) is 22.2. The normalized spacial score (nSPS) is 10.4. The molecule has 0 atom stereocenters. The van der Waals surface area contributed by atoms with E-state index < -0.39 is 11.9 Å². The SMILES string of the molecule is CCOC(=O)c1cnn(-c2ccccc2)c1NC(=O)CCC(=O)c1ccccc1OC. The first kappa shape index (κ1) is 21.8. The molecule has 0 bridgehead atoms. The van der Waals surface area contributed by atoms with Gasteiger partial charge in [0.25, 0.3) is 0 Å². The second-order valence-corrected chi connectivity index (χ2v) is 6.55. The summed E-state index contributed by atoms with van der Waals surface area (Å²) < 4.78 is 11.7. The van der Waals surface area contributed by atoms with Gasteiger partial charge in [-0.1, -0.05) is 30.3 Å². The number of ketones is 1. The maximum absolute atomic E-state index is 12.6. The van der Waals surface area contributed by atoms with Crippen LogP contribution in [0, 0.1) is 0 Å². The molecule has 3 rings (SSSR count). The van der Waals surface area contributed by atoms with Crippen LogP contribution in [0.3, 0.4) is 0 Å². The topological polar surface area (TPSA) is 99.5 Å². The highest BCUT2D eigenvalue weighted by molar-refractivity contribution is 6.03. The van der Waals surface area contributed by atoms with Gasteiger partial charge in [-0.2, -0.15) is 5.10 Å². The molecule has 1 heterocycles. The molecule has 1 aromatic heterocycles. The average Bonchev–Trinajstić information content (AvgIpc) is 3.21. The molecule has 0 saturated carbocycles. The van der Waals surface area contributed by atoms with Crippen molar-refractivity contribution in [3.05, 3.63) is 71.9 Å². The third kappa shape index (κ3) is 5.16. The predicted molar refractivity (Wildman–Crippen MR) is 115 cm³/mol. The van der Waals surface area contributed by atoms with Crippen molar-refractivity contribution in [3.8, 4) is 11.4 Å². The lowest BCUT2D eigenvalue weighted by Gasteiger charge is -2.11. The van der Waals surface area contributed by atoms with Gasteiger partial charge in [0.2, 0.25) is 5.91 Å². The van der Waals surface area contributed by atoms with Gasteiger partial charge < -0.3 is 14.8 Å². The first-order valence-electron chi connectivity index (χ1n) is 9.81. The van der Waals surface area contributed by atoms with Gasteiger partial charge in [0.05, 0.1) is 31.2 Å². The Hall–Kier alpha value is -3.94. The minimum atomic E-state index is -0.593. The van der Waals surface area contributed by atoms with Crippen LogP contribution >= 0.6 is 0 Å². The van der Waals surface area contributed by atoms with Gasteiger partial charge in [-0.3, -0.25) is 9.59 Å². The molecule has 1 amide bonds. The van der Waals surface area contributed by atoms with Crippen LogP contribution < -0.4 is 10.1 Å². The third-order valence-corrected chi connectivity index (χ3v) is 4.51. The Kier molecular flexibility index (Phi) is 7.16. The predicted octanol–water partition coefficient (Wildman–Crippen LogP) is 3.66. The Morgan fingerprint density at radius 3 is 2.39 bits per heavy atom. The van der Waals surface area contributed by atoms with Gasteiger partial charge in [0.1, 0.15) is 11.3 Å². The maximum atomic E-state index is 12.6. The number of hydrogen-bond donors (Lipinski definition) is 1. The largest absolute Gasteiger partial charge is 0.496 e. The van der Waals surface area contributed by atoms with Crippen LogP contribution in [-0.2, 0) is 9.53 Å². The average molecular weight is 421 g/mol. The standard InChI is InChI=1S/C23H23N3O5/c1-3-31-23(29)18-15-24-26(16-9-5-4-6-10-16)22(18)25-21(28)14-13-19(27)17-11-7-8-12-20(17)30-2/h4-12,15H,3,13-14H2,1-2H3,(H,25,28). The highest BCUT2D eigenvalue weighted by Gasteiger charge is 2.22. The lowest BCUT2D eigenvalue weighted by atomic mass is 10.1. The minimum Gasteiger partial charge on any atom is -0.496 e. The van der Waals surface area contributed by atoms with Crippen molar-refractivity contribution in [1.82, 2.24) is 9.78 Å². The number of ether oxygens (including phenoxy) is 2. The number of benzene rings is 2. The quantitative estimate of drug-likeness (QED) is 0.418. The monoisotopic (exact) mass is 421 g/mol. The fourth-order valence-corrected chi connectivity index (χ4v) is 3.02. The molecule has 0 saturated heterocycles. The van der Waals surface area contributed by atoms with E-state index in [0.29, 0.717) is 17.0 Å². The molecule has 0 aliphatic rings. The molecule has 8 nitrogen and oxygen atoms in total. The Morgan fingerprint density at radius 1 is 0.968 bits per heavy atom. The number of carbonyl (C=O) groups is 3. The molecule has 0 fully saturated rings. The fraction of sp³-hybridized carbons (Fsp3) is 0.217. The second kappa shape index (κ2) is 10.2. The lowest BCUT2D eigenvalue weighted by molar-refractivity contribution is -0.116. The van der Waals surface area contributed by atoms with Gasteiger partial charge >= 0.3 is 5.97 Å². The van der Waals surface area contributed by atoms with Crippen molar-refractivity contribution in [2.75, 3.05) is 19.0 Å². The van der Waals surface area contributed by atoms with Crippen LogP contribution in [-0.4, -0.2) is 41.2 Å². The first-order chi connectivity index (χ1) is 15.0. The number of rotatable bonds is 9. The summed E-state index contributed by atoms with van der Waals surface area (Å²) >= 11 is 0. The van der Waals surface area contributed by atoms with Crippen LogP contribution in [0.25, 0.3) is 5.69 Å². The number of para-hydroxylation sites is 2. The molecule has 0 aliphatic heterocycles. The molecule has 160 valence electrons. The molecule has 0 radical (unpaired) electrons. The smallest absolute Gasteiger partial charge is 0.343 e. The van der Waals surface area contributed by atoms with Crippen LogP contribution in [0.15, 0.2) is 60.8 Å². The Morgan fingerprint density at radius 2 is 1.68 bits per heavy atom. The van der Waals surface area contributed by atoms with Gasteiger partial charge in [-0.15, -0.1) is 0 Å². The summed E-state index contributed by atoms with van der Waals surface area (Å²) in [6.45, 7) is 1.89. The van der Waals surface area contributed by atoms with Crippen LogP contribution in [0.5, 0.6) is 5.75 Å². The van der Waals surface area contributed by atoms with Gasteiger partial charge in [-0.25, -0.2) is 9.48 Å². The van der Waals surface area contributed by atoms with E-state index in [1.165, 1.54) is 18.0 Å². The number of methoxy groups -OCH3 is 1. The number of nitrogens with zero attached hydrogens (tertiary/aromatic N) is 2. The van der Waals surface area contributed by atoms with E-state index >= 15 is 0 Å². The Labute approximate surface area is 179 Å². The van der Waals surface area contributed by atoms with E-state index in [-0.39, 0.29) is 36.6 Å².